The van der Waals surface area contributed by atoms with Gasteiger partial charge in [-0.05, 0) is 38.9 Å². The van der Waals surface area contributed by atoms with Crippen molar-refractivity contribution < 1.29 is 9.32 Å². The number of hydrogen-bond donors (Lipinski definition) is 0. The van der Waals surface area contributed by atoms with Crippen LogP contribution in [0.3, 0.4) is 0 Å². The van der Waals surface area contributed by atoms with Crippen LogP contribution in [0.4, 0.5) is 0 Å². The number of Topliss-reactive ketones (excluding diaryl/α,β-unsaturated/α-hetero) is 1. The zero-order valence-electron chi connectivity index (χ0n) is 8.59. The molecule has 0 radical (unpaired) electrons. The summed E-state index contributed by atoms with van der Waals surface area (Å²) >= 11 is 0. The summed E-state index contributed by atoms with van der Waals surface area (Å²) in [7, 11) is -1.61. The predicted molar refractivity (Wildman–Crippen MR) is 55.3 cm³/mol. The molecule has 0 heterocycles. The summed E-state index contributed by atoms with van der Waals surface area (Å²) in [6.07, 6.45) is 3.52. The van der Waals surface area contributed by atoms with Gasteiger partial charge in [-0.3, -0.25) is 4.79 Å². The fourth-order valence-electron chi connectivity index (χ4n) is 1.15. The minimum Gasteiger partial charge on any atom is -0.455 e. The van der Waals surface area contributed by atoms with Gasteiger partial charge in [-0.2, -0.15) is 0 Å². The topological polar surface area (TPSA) is 38.7 Å². The van der Waals surface area contributed by atoms with E-state index in [0.29, 0.717) is 12.1 Å². The molecular formula is C9H17NO2Si. The van der Waals surface area contributed by atoms with Crippen LogP contribution in [0.15, 0.2) is 5.16 Å². The average Bonchev–Trinajstić information content (AvgIpc) is 2.01. The van der Waals surface area contributed by atoms with E-state index in [9.17, 15) is 4.79 Å². The van der Waals surface area contributed by atoms with Crippen LogP contribution in [0.5, 0.6) is 0 Å². The zero-order chi connectivity index (χ0) is 9.90. The third-order valence-electron chi connectivity index (χ3n) is 1.82. The highest BCUT2D eigenvalue weighted by Crippen LogP contribution is 2.13. The molecule has 0 aromatic carbocycles. The van der Waals surface area contributed by atoms with E-state index in [1.807, 2.05) is 0 Å². The molecule has 1 aliphatic carbocycles. The Bertz CT molecular complexity index is 230. The van der Waals surface area contributed by atoms with Crippen LogP contribution in [0.2, 0.25) is 19.6 Å². The average molecular weight is 199 g/mol. The highest BCUT2D eigenvalue weighted by molar-refractivity contribution is 6.69. The SMILES string of the molecule is C[Si](C)(C)O/N=C1/CCCCC1=O. The van der Waals surface area contributed by atoms with Crippen molar-refractivity contribution in [2.75, 3.05) is 0 Å². The second-order valence-electron chi connectivity index (χ2n) is 4.37. The molecule has 13 heavy (non-hydrogen) atoms. The lowest BCUT2D eigenvalue weighted by atomic mass is 9.97. The number of rotatable bonds is 2. The van der Waals surface area contributed by atoms with Crippen molar-refractivity contribution in [3.05, 3.63) is 0 Å². The third kappa shape index (κ3) is 3.72. The van der Waals surface area contributed by atoms with Crippen LogP contribution in [-0.4, -0.2) is 19.8 Å². The number of oxime groups is 1. The quantitative estimate of drug-likeness (QED) is 0.506. The molecule has 74 valence electrons. The lowest BCUT2D eigenvalue weighted by Crippen LogP contribution is -2.26. The van der Waals surface area contributed by atoms with Gasteiger partial charge in [0.15, 0.2) is 5.78 Å². The molecule has 1 fully saturated rings. The summed E-state index contributed by atoms with van der Waals surface area (Å²) < 4.78 is 5.35. The van der Waals surface area contributed by atoms with Crippen molar-refractivity contribution in [1.29, 1.82) is 0 Å². The lowest BCUT2D eigenvalue weighted by Gasteiger charge is -2.16. The molecule has 1 rings (SSSR count). The number of nitrogens with zero attached hydrogens (tertiary/aromatic N) is 1. The highest BCUT2D eigenvalue weighted by atomic mass is 28.4. The lowest BCUT2D eigenvalue weighted by molar-refractivity contribution is -0.113. The fourth-order valence-corrected chi connectivity index (χ4v) is 1.53. The molecule has 0 bridgehead atoms. The molecule has 0 aromatic rings. The van der Waals surface area contributed by atoms with Crippen LogP contribution < -0.4 is 0 Å². The number of ketones is 1. The van der Waals surface area contributed by atoms with Crippen molar-refractivity contribution in [2.45, 2.75) is 45.3 Å². The predicted octanol–water partition coefficient (Wildman–Crippen LogP) is 2.34. The molecule has 0 amide bonds. The van der Waals surface area contributed by atoms with Crippen molar-refractivity contribution >= 4 is 19.8 Å². The molecule has 0 saturated heterocycles. The number of carbonyl (C=O) groups excluding carboxylic acids is 1. The molecule has 0 aromatic heterocycles. The Kier molecular flexibility index (Phi) is 3.25. The van der Waals surface area contributed by atoms with Gasteiger partial charge in [-0.1, -0.05) is 0 Å². The Labute approximate surface area is 80.3 Å². The van der Waals surface area contributed by atoms with Crippen molar-refractivity contribution in [1.82, 2.24) is 0 Å². The largest absolute Gasteiger partial charge is 0.455 e. The molecule has 0 unspecified atom stereocenters. The normalized spacial score (nSPS) is 22.1. The second-order valence-corrected chi connectivity index (χ2v) is 8.78. The summed E-state index contributed by atoms with van der Waals surface area (Å²) in [4.78, 5) is 11.3. The fraction of sp³-hybridized carbons (Fsp3) is 0.778. The first-order valence-electron chi connectivity index (χ1n) is 4.77. The minimum absolute atomic E-state index is 0.171. The van der Waals surface area contributed by atoms with Gasteiger partial charge < -0.3 is 4.53 Å². The summed E-state index contributed by atoms with van der Waals surface area (Å²) in [5.41, 5.74) is 0.647. The number of hydrogen-bond acceptors (Lipinski definition) is 3. The van der Waals surface area contributed by atoms with Gasteiger partial charge in [0, 0.05) is 6.42 Å². The zero-order valence-corrected chi connectivity index (χ0v) is 9.59. The second kappa shape index (κ2) is 4.04. The molecule has 0 aliphatic heterocycles. The molecule has 1 saturated carbocycles. The van der Waals surface area contributed by atoms with Crippen LogP contribution in [0, 0.1) is 0 Å². The number of carbonyl (C=O) groups is 1. The Morgan fingerprint density at radius 2 is 1.85 bits per heavy atom. The van der Waals surface area contributed by atoms with Gasteiger partial charge in [0.1, 0.15) is 5.71 Å². The van der Waals surface area contributed by atoms with Crippen molar-refractivity contribution in [2.24, 2.45) is 5.16 Å². The third-order valence-corrected chi connectivity index (χ3v) is 2.46. The minimum atomic E-state index is -1.61. The maximum Gasteiger partial charge on any atom is 0.278 e. The molecule has 0 N–H and O–H groups in total. The van der Waals surface area contributed by atoms with E-state index in [2.05, 4.69) is 24.8 Å². The Morgan fingerprint density at radius 1 is 1.23 bits per heavy atom. The van der Waals surface area contributed by atoms with E-state index in [1.165, 1.54) is 0 Å². The Balaban J connectivity index is 2.54. The van der Waals surface area contributed by atoms with E-state index in [1.54, 1.807) is 0 Å². The standard InChI is InChI=1S/C9H17NO2Si/c1-13(2,3)12-10-8-6-4-5-7-9(8)11/h4-7H2,1-3H3/b10-8-. The Hall–Kier alpha value is -0.643. The van der Waals surface area contributed by atoms with E-state index < -0.39 is 8.32 Å². The van der Waals surface area contributed by atoms with Crippen LogP contribution >= 0.6 is 0 Å². The molecule has 4 heteroatoms. The van der Waals surface area contributed by atoms with Crippen molar-refractivity contribution in [3.8, 4) is 0 Å². The van der Waals surface area contributed by atoms with E-state index in [4.69, 9.17) is 4.53 Å². The van der Waals surface area contributed by atoms with Crippen LogP contribution in [-0.2, 0) is 9.32 Å². The van der Waals surface area contributed by atoms with E-state index >= 15 is 0 Å². The molecule has 3 nitrogen and oxygen atoms in total. The summed E-state index contributed by atoms with van der Waals surface area (Å²) in [6.45, 7) is 6.18. The summed E-state index contributed by atoms with van der Waals surface area (Å²) in [5.74, 6) is 0.171. The van der Waals surface area contributed by atoms with Gasteiger partial charge >= 0.3 is 0 Å². The molecular weight excluding hydrogens is 182 g/mol. The Morgan fingerprint density at radius 3 is 2.38 bits per heavy atom. The van der Waals surface area contributed by atoms with Gasteiger partial charge in [-0.25, -0.2) is 0 Å². The summed E-state index contributed by atoms with van der Waals surface area (Å²) in [6, 6.07) is 0. The van der Waals surface area contributed by atoms with Gasteiger partial charge in [0.2, 0.25) is 0 Å². The van der Waals surface area contributed by atoms with Gasteiger partial charge in [0.05, 0.1) is 0 Å². The van der Waals surface area contributed by atoms with Gasteiger partial charge in [-0.15, -0.1) is 5.16 Å². The monoisotopic (exact) mass is 199 g/mol. The molecule has 1 aliphatic rings. The highest BCUT2D eigenvalue weighted by Gasteiger charge is 2.20. The van der Waals surface area contributed by atoms with Crippen LogP contribution in [0.25, 0.3) is 0 Å². The summed E-state index contributed by atoms with van der Waals surface area (Å²) in [5, 5.41) is 3.96. The van der Waals surface area contributed by atoms with Gasteiger partial charge in [0.25, 0.3) is 8.32 Å². The molecule has 0 spiro atoms. The van der Waals surface area contributed by atoms with E-state index in [0.717, 1.165) is 19.3 Å². The first-order chi connectivity index (χ1) is 5.99. The first kappa shape index (κ1) is 10.4. The molecule has 0 atom stereocenters. The van der Waals surface area contributed by atoms with E-state index in [-0.39, 0.29) is 5.78 Å². The van der Waals surface area contributed by atoms with Crippen molar-refractivity contribution in [3.63, 3.8) is 0 Å². The van der Waals surface area contributed by atoms with Crippen LogP contribution in [0.1, 0.15) is 25.7 Å². The maximum absolute atomic E-state index is 11.3. The first-order valence-corrected chi connectivity index (χ1v) is 8.18. The maximum atomic E-state index is 11.3. The smallest absolute Gasteiger partial charge is 0.278 e.